The Morgan fingerprint density at radius 3 is 2.46 bits per heavy atom. The van der Waals surface area contributed by atoms with E-state index >= 15 is 0 Å². The lowest BCUT2D eigenvalue weighted by Gasteiger charge is -2.18. The molecule has 2 aromatic carbocycles. The normalized spacial score (nSPS) is 13.7. The molecule has 3 heterocycles. The van der Waals surface area contributed by atoms with Crippen molar-refractivity contribution in [1.82, 2.24) is 19.4 Å². The van der Waals surface area contributed by atoms with Gasteiger partial charge >= 0.3 is 0 Å². The van der Waals surface area contributed by atoms with Gasteiger partial charge in [-0.25, -0.2) is 18.7 Å². The van der Waals surface area contributed by atoms with Crippen LogP contribution in [0.3, 0.4) is 0 Å². The Balaban J connectivity index is 1.76. The Labute approximate surface area is 201 Å². The van der Waals surface area contributed by atoms with Gasteiger partial charge in [0.15, 0.2) is 0 Å². The summed E-state index contributed by atoms with van der Waals surface area (Å²) in [6, 6.07) is 12.2. The van der Waals surface area contributed by atoms with Crippen LogP contribution < -0.4 is 11.1 Å². The van der Waals surface area contributed by atoms with Crippen molar-refractivity contribution in [3.8, 4) is 22.4 Å². The maximum absolute atomic E-state index is 14.5. The molecule has 0 radical (unpaired) electrons. The summed E-state index contributed by atoms with van der Waals surface area (Å²) in [5.41, 5.74) is 10.1. The van der Waals surface area contributed by atoms with E-state index in [0.29, 0.717) is 40.9 Å². The fourth-order valence-electron chi connectivity index (χ4n) is 4.88. The Morgan fingerprint density at radius 1 is 1.09 bits per heavy atom. The molecule has 35 heavy (non-hydrogen) atoms. The van der Waals surface area contributed by atoms with E-state index in [9.17, 15) is 13.6 Å². The Hall–Kier alpha value is -4.01. The van der Waals surface area contributed by atoms with Crippen LogP contribution in [-0.4, -0.2) is 45.5 Å². The number of aryl methyl sites for hydroxylation is 1. The SMILES string of the molecule is CNc1ccc(-c2c(-c3ccc(C(=O)N4CCCC4)cc3C(F)F)c3c(N)ncnc3n2C)cc1. The van der Waals surface area contributed by atoms with Crippen LogP contribution in [0.2, 0.25) is 0 Å². The highest BCUT2D eigenvalue weighted by atomic mass is 19.3. The summed E-state index contributed by atoms with van der Waals surface area (Å²) in [7, 11) is 3.65. The van der Waals surface area contributed by atoms with Gasteiger partial charge in [-0.2, -0.15) is 0 Å². The standard InChI is InChI=1S/C26H26F2N6O/c1-30-17-8-5-15(6-9-17)22-20(21-24(29)31-14-32-25(21)33(22)2)18-10-7-16(13-19(18)23(27)28)26(35)34-11-3-4-12-34/h5-10,13-14,23,30H,3-4,11-12H2,1-2H3,(H2,29,31,32). The second kappa shape index (κ2) is 8.98. The number of amides is 1. The van der Waals surface area contributed by atoms with Crippen molar-refractivity contribution in [3.63, 3.8) is 0 Å². The average Bonchev–Trinajstić information content (AvgIpc) is 3.51. The molecule has 1 saturated heterocycles. The number of hydrogen-bond donors (Lipinski definition) is 2. The summed E-state index contributed by atoms with van der Waals surface area (Å²) in [5.74, 6) is -0.0178. The first-order valence-corrected chi connectivity index (χ1v) is 11.5. The summed E-state index contributed by atoms with van der Waals surface area (Å²) in [6.07, 6.45) is 0.422. The zero-order valence-electron chi connectivity index (χ0n) is 19.6. The highest BCUT2D eigenvalue weighted by molar-refractivity contribution is 6.08. The third kappa shape index (κ3) is 3.86. The maximum Gasteiger partial charge on any atom is 0.264 e. The first-order valence-electron chi connectivity index (χ1n) is 11.5. The highest BCUT2D eigenvalue weighted by Crippen LogP contribution is 2.45. The monoisotopic (exact) mass is 476 g/mol. The second-order valence-corrected chi connectivity index (χ2v) is 8.67. The van der Waals surface area contributed by atoms with Crippen molar-refractivity contribution in [2.75, 3.05) is 31.2 Å². The van der Waals surface area contributed by atoms with E-state index in [-0.39, 0.29) is 22.9 Å². The van der Waals surface area contributed by atoms with Gasteiger partial charge in [0.25, 0.3) is 12.3 Å². The largest absolute Gasteiger partial charge is 0.388 e. The van der Waals surface area contributed by atoms with Crippen LogP contribution in [0.25, 0.3) is 33.4 Å². The molecule has 0 atom stereocenters. The molecule has 1 fully saturated rings. The summed E-state index contributed by atoms with van der Waals surface area (Å²) in [6.45, 7) is 1.29. The van der Waals surface area contributed by atoms with Crippen LogP contribution in [0.1, 0.15) is 35.2 Å². The van der Waals surface area contributed by atoms with Gasteiger partial charge in [0.2, 0.25) is 0 Å². The molecule has 3 N–H and O–H groups in total. The third-order valence-corrected chi connectivity index (χ3v) is 6.64. The number of fused-ring (bicyclic) bond motifs is 1. The summed E-state index contributed by atoms with van der Waals surface area (Å²) >= 11 is 0. The number of halogens is 2. The van der Waals surface area contributed by atoms with Crippen molar-refractivity contribution in [3.05, 3.63) is 59.9 Å². The van der Waals surface area contributed by atoms with Gasteiger partial charge in [0.05, 0.1) is 11.1 Å². The molecule has 1 aliphatic rings. The summed E-state index contributed by atoms with van der Waals surface area (Å²) in [5, 5.41) is 3.58. The van der Waals surface area contributed by atoms with Crippen LogP contribution in [-0.2, 0) is 7.05 Å². The van der Waals surface area contributed by atoms with Crippen LogP contribution in [0.4, 0.5) is 20.3 Å². The van der Waals surface area contributed by atoms with Gasteiger partial charge in [-0.3, -0.25) is 4.79 Å². The fourth-order valence-corrected chi connectivity index (χ4v) is 4.88. The van der Waals surface area contributed by atoms with E-state index in [1.807, 2.05) is 42.9 Å². The van der Waals surface area contributed by atoms with Crippen LogP contribution >= 0.6 is 0 Å². The number of nitrogens with one attached hydrogen (secondary N) is 1. The average molecular weight is 477 g/mol. The molecule has 0 bridgehead atoms. The van der Waals surface area contributed by atoms with E-state index in [4.69, 9.17) is 5.73 Å². The molecular weight excluding hydrogens is 450 g/mol. The minimum Gasteiger partial charge on any atom is -0.388 e. The van der Waals surface area contributed by atoms with E-state index in [1.54, 1.807) is 17.0 Å². The summed E-state index contributed by atoms with van der Waals surface area (Å²) in [4.78, 5) is 23.2. The van der Waals surface area contributed by atoms with Gasteiger partial charge in [0, 0.05) is 49.6 Å². The quantitative estimate of drug-likeness (QED) is 0.418. The second-order valence-electron chi connectivity index (χ2n) is 8.67. The van der Waals surface area contributed by atoms with Gasteiger partial charge < -0.3 is 20.5 Å². The Bertz CT molecular complexity index is 1410. The van der Waals surface area contributed by atoms with E-state index in [2.05, 4.69) is 15.3 Å². The number of likely N-dealkylation sites (tertiary alicyclic amines) is 1. The molecule has 0 spiro atoms. The Kier molecular flexibility index (Phi) is 5.84. The zero-order valence-corrected chi connectivity index (χ0v) is 19.6. The minimum atomic E-state index is -2.79. The fraction of sp³-hybridized carbons (Fsp3) is 0.269. The van der Waals surface area contributed by atoms with Gasteiger partial charge in [-0.1, -0.05) is 18.2 Å². The smallest absolute Gasteiger partial charge is 0.264 e. The van der Waals surface area contributed by atoms with Gasteiger partial charge in [0.1, 0.15) is 17.8 Å². The maximum atomic E-state index is 14.5. The highest BCUT2D eigenvalue weighted by Gasteiger charge is 2.27. The zero-order chi connectivity index (χ0) is 24.7. The lowest BCUT2D eigenvalue weighted by atomic mass is 9.93. The third-order valence-electron chi connectivity index (χ3n) is 6.64. The first kappa shape index (κ1) is 22.8. The van der Waals surface area contributed by atoms with Crippen molar-refractivity contribution in [2.45, 2.75) is 19.3 Å². The van der Waals surface area contributed by atoms with Crippen LogP contribution in [0.5, 0.6) is 0 Å². The summed E-state index contributed by atoms with van der Waals surface area (Å²) < 4.78 is 30.8. The minimum absolute atomic E-state index is 0.205. The molecule has 7 nitrogen and oxygen atoms in total. The predicted octanol–water partition coefficient (Wildman–Crippen LogP) is 5.10. The number of nitrogens with zero attached hydrogens (tertiary/aromatic N) is 4. The molecule has 2 aromatic heterocycles. The number of benzene rings is 2. The van der Waals surface area contributed by atoms with E-state index in [1.165, 1.54) is 12.4 Å². The number of carbonyl (C=O) groups is 1. The number of carbonyl (C=O) groups excluding carboxylic acids is 1. The number of nitrogens with two attached hydrogens (primary N) is 1. The molecule has 4 aromatic rings. The van der Waals surface area contributed by atoms with Crippen molar-refractivity contribution < 1.29 is 13.6 Å². The molecular formula is C26H26F2N6O. The Morgan fingerprint density at radius 2 is 1.80 bits per heavy atom. The number of nitrogen functional groups attached to an aromatic ring is 1. The van der Waals surface area contributed by atoms with Crippen molar-refractivity contribution >= 4 is 28.4 Å². The molecule has 0 unspecified atom stereocenters. The van der Waals surface area contributed by atoms with Gasteiger partial charge in [-0.15, -0.1) is 0 Å². The molecule has 1 aliphatic heterocycles. The van der Waals surface area contributed by atoms with Gasteiger partial charge in [-0.05, 0) is 48.2 Å². The molecule has 0 aliphatic carbocycles. The number of alkyl halides is 2. The molecule has 180 valence electrons. The lowest BCUT2D eigenvalue weighted by molar-refractivity contribution is 0.0792. The molecule has 0 saturated carbocycles. The van der Waals surface area contributed by atoms with E-state index in [0.717, 1.165) is 24.1 Å². The van der Waals surface area contributed by atoms with Crippen LogP contribution in [0, 0.1) is 0 Å². The number of rotatable bonds is 5. The lowest BCUT2D eigenvalue weighted by Crippen LogP contribution is -2.27. The molecule has 1 amide bonds. The van der Waals surface area contributed by atoms with Crippen molar-refractivity contribution in [2.24, 2.45) is 7.05 Å². The predicted molar refractivity (Wildman–Crippen MR) is 133 cm³/mol. The van der Waals surface area contributed by atoms with Crippen LogP contribution in [0.15, 0.2) is 48.8 Å². The van der Waals surface area contributed by atoms with E-state index < -0.39 is 6.43 Å². The molecule has 9 heteroatoms. The molecule has 5 rings (SSSR count). The number of hydrogen-bond acceptors (Lipinski definition) is 5. The first-order chi connectivity index (χ1) is 16.9. The number of aromatic nitrogens is 3. The van der Waals surface area contributed by atoms with Crippen molar-refractivity contribution in [1.29, 1.82) is 0 Å². The topological polar surface area (TPSA) is 89.1 Å². The number of anilines is 2.